The average molecular weight is 686 g/mol. The molecule has 194 valence electrons. The van der Waals surface area contributed by atoms with Crippen LogP contribution in [0.4, 0.5) is 34.1 Å². The summed E-state index contributed by atoms with van der Waals surface area (Å²) >= 11 is 0. The van der Waals surface area contributed by atoms with Gasteiger partial charge in [0.05, 0.1) is 11.4 Å². The average Bonchev–Trinajstić information content (AvgIpc) is 3.38. The van der Waals surface area contributed by atoms with Crippen molar-refractivity contribution in [2.24, 2.45) is 0 Å². The minimum atomic E-state index is 0. The second-order valence-corrected chi connectivity index (χ2v) is 9.70. The van der Waals surface area contributed by atoms with Crippen LogP contribution in [0.2, 0.25) is 0 Å². The Hall–Kier alpha value is -3.92. The zero-order chi connectivity index (χ0) is 26.1. The van der Waals surface area contributed by atoms with Crippen LogP contribution in [-0.4, -0.2) is 12.0 Å². The second-order valence-electron chi connectivity index (χ2n) is 9.70. The van der Waals surface area contributed by atoms with Crippen molar-refractivity contribution in [1.29, 1.82) is 0 Å². The molecule has 5 heteroatoms. The van der Waals surface area contributed by atoms with Gasteiger partial charge < -0.3 is 19.7 Å². The molecular weight excluding hydrogens is 657 g/mol. The summed E-state index contributed by atoms with van der Waals surface area (Å²) in [6.07, 6.45) is 1.79. The van der Waals surface area contributed by atoms with Gasteiger partial charge in [-0.15, -0.1) is 48.6 Å². The van der Waals surface area contributed by atoms with E-state index in [0.717, 1.165) is 16.9 Å². The van der Waals surface area contributed by atoms with Crippen LogP contribution in [0.1, 0.15) is 25.3 Å². The summed E-state index contributed by atoms with van der Waals surface area (Å²) in [4.78, 5) is 11.0. The molecule has 4 nitrogen and oxygen atoms in total. The fourth-order valence-corrected chi connectivity index (χ4v) is 4.95. The van der Waals surface area contributed by atoms with Gasteiger partial charge in [-0.05, 0) is 60.2 Å². The third-order valence-corrected chi connectivity index (χ3v) is 6.99. The molecule has 0 saturated carbocycles. The Morgan fingerprint density at radius 3 is 2.18 bits per heavy atom. The van der Waals surface area contributed by atoms with Gasteiger partial charge in [0.1, 0.15) is 0 Å². The predicted octanol–water partition coefficient (Wildman–Crippen LogP) is 8.65. The van der Waals surface area contributed by atoms with Gasteiger partial charge in [-0.25, -0.2) is 0 Å². The zero-order valence-electron chi connectivity index (χ0n) is 22.2. The molecular formula is C34H29IrN4. The number of hydrogen-bond acceptors (Lipinski definition) is 4. The smallest absolute Gasteiger partial charge is 0.490 e. The molecule has 0 bridgehead atoms. The Kier molecular flexibility index (Phi) is 7.83. The van der Waals surface area contributed by atoms with E-state index in [2.05, 4.69) is 108 Å². The van der Waals surface area contributed by atoms with Crippen molar-refractivity contribution in [2.75, 3.05) is 21.7 Å². The van der Waals surface area contributed by atoms with Crippen molar-refractivity contribution >= 4 is 34.1 Å². The van der Waals surface area contributed by atoms with Crippen LogP contribution in [0, 0.1) is 18.8 Å². The monoisotopic (exact) mass is 686 g/mol. The van der Waals surface area contributed by atoms with E-state index in [9.17, 15) is 0 Å². The third-order valence-electron chi connectivity index (χ3n) is 6.99. The number of hydrogen-bond donors (Lipinski definition) is 0. The van der Waals surface area contributed by atoms with Crippen LogP contribution in [0.5, 0.6) is 0 Å². The van der Waals surface area contributed by atoms with Crippen molar-refractivity contribution in [3.8, 4) is 11.3 Å². The first-order chi connectivity index (χ1) is 18.6. The van der Waals surface area contributed by atoms with Gasteiger partial charge in [0.15, 0.2) is 0 Å². The number of fused-ring (bicyclic) bond motifs is 2. The summed E-state index contributed by atoms with van der Waals surface area (Å²) in [5, 5.41) is 0. The quantitative estimate of drug-likeness (QED) is 0.178. The van der Waals surface area contributed by atoms with Crippen LogP contribution in [0.15, 0.2) is 109 Å². The summed E-state index contributed by atoms with van der Waals surface area (Å²) in [6.45, 7) is 6.64. The maximum Gasteiger partial charge on any atom is 3.00 e. The molecule has 0 unspecified atom stereocenters. The van der Waals surface area contributed by atoms with Gasteiger partial charge in [0.25, 0.3) is 0 Å². The Balaban J connectivity index is 0.000000200. The molecule has 1 aromatic heterocycles. The van der Waals surface area contributed by atoms with Crippen molar-refractivity contribution in [2.45, 2.75) is 19.8 Å². The standard InChI is InChI=1S/C23H21N3.C11H8N.Ir/c1-16(2)17-11-13-18(14-12-17)25-15-26-20-8-5-4-7-19(20)24(3)21-9-6-10-22(25)23(21)26;1-2-6-10(7-3-1)11-8-4-5-9-12-11;/h4-7,9-16H,1-3H3;1-6,8-9H;/q-2;-1;+3. The topological polar surface area (TPSA) is 22.6 Å². The summed E-state index contributed by atoms with van der Waals surface area (Å²) in [7, 11) is 2.12. The van der Waals surface area contributed by atoms with Crippen LogP contribution in [0.3, 0.4) is 0 Å². The minimum Gasteiger partial charge on any atom is -0.490 e. The van der Waals surface area contributed by atoms with Crippen LogP contribution >= 0.6 is 0 Å². The molecule has 0 radical (unpaired) electrons. The molecule has 3 heterocycles. The minimum absolute atomic E-state index is 0. The number of para-hydroxylation sites is 2. The number of pyridine rings is 1. The zero-order valence-corrected chi connectivity index (χ0v) is 24.6. The fraction of sp³-hybridized carbons (Fsp3) is 0.118. The fourth-order valence-electron chi connectivity index (χ4n) is 4.95. The SMILES string of the molecule is CC(C)c1ccc(N2[CH-]N3c4[c-]cccc4N(C)c4cccc2c43)cc1.[Ir+3].[c-]1ccccc1-c1ccccn1. The first kappa shape index (κ1) is 26.7. The Morgan fingerprint density at radius 1 is 0.718 bits per heavy atom. The van der Waals surface area contributed by atoms with Crippen LogP contribution < -0.4 is 14.7 Å². The predicted molar refractivity (Wildman–Crippen MR) is 157 cm³/mol. The van der Waals surface area contributed by atoms with Gasteiger partial charge in [0, 0.05) is 17.6 Å². The molecule has 4 aromatic carbocycles. The molecule has 2 aliphatic rings. The van der Waals surface area contributed by atoms with Crippen LogP contribution in [-0.2, 0) is 20.1 Å². The third kappa shape index (κ3) is 5.08. The Labute approximate surface area is 244 Å². The van der Waals surface area contributed by atoms with Gasteiger partial charge in [-0.1, -0.05) is 49.9 Å². The first-order valence-corrected chi connectivity index (χ1v) is 12.9. The van der Waals surface area contributed by atoms with E-state index in [1.54, 1.807) is 6.20 Å². The van der Waals surface area contributed by atoms with Gasteiger partial charge in [-0.3, -0.25) is 0 Å². The van der Waals surface area contributed by atoms with E-state index in [-0.39, 0.29) is 20.1 Å². The maximum absolute atomic E-state index is 4.22. The molecule has 0 N–H and O–H groups in total. The molecule has 5 aromatic rings. The Morgan fingerprint density at radius 2 is 1.46 bits per heavy atom. The molecule has 0 saturated heterocycles. The molecule has 0 amide bonds. The van der Waals surface area contributed by atoms with Gasteiger partial charge >= 0.3 is 20.1 Å². The number of anilines is 6. The van der Waals surface area contributed by atoms with E-state index in [1.165, 1.54) is 34.0 Å². The molecule has 0 fully saturated rings. The van der Waals surface area contributed by atoms with Crippen molar-refractivity contribution < 1.29 is 20.1 Å². The van der Waals surface area contributed by atoms with E-state index in [4.69, 9.17) is 0 Å². The number of nitrogens with zero attached hydrogens (tertiary/aromatic N) is 4. The van der Waals surface area contributed by atoms with Gasteiger partial charge in [-0.2, -0.15) is 18.2 Å². The van der Waals surface area contributed by atoms with E-state index >= 15 is 0 Å². The maximum atomic E-state index is 4.22. The molecule has 7 rings (SSSR count). The Bertz CT molecular complexity index is 1500. The molecule has 0 spiro atoms. The van der Waals surface area contributed by atoms with Gasteiger partial charge in [0.2, 0.25) is 0 Å². The van der Waals surface area contributed by atoms with Crippen molar-refractivity contribution in [1.82, 2.24) is 4.98 Å². The molecule has 2 aliphatic heterocycles. The summed E-state index contributed by atoms with van der Waals surface area (Å²) in [5.41, 5.74) is 10.5. The summed E-state index contributed by atoms with van der Waals surface area (Å²) < 4.78 is 0. The number of aromatic nitrogens is 1. The van der Waals surface area contributed by atoms with Crippen molar-refractivity contribution in [3.05, 3.63) is 134 Å². The normalized spacial score (nSPS) is 12.8. The van der Waals surface area contributed by atoms with Crippen molar-refractivity contribution in [3.63, 3.8) is 0 Å². The number of rotatable bonds is 3. The first-order valence-electron chi connectivity index (χ1n) is 12.9. The van der Waals surface area contributed by atoms with Crippen LogP contribution in [0.25, 0.3) is 11.3 Å². The van der Waals surface area contributed by atoms with E-state index in [1.807, 2.05) is 54.6 Å². The molecule has 39 heavy (non-hydrogen) atoms. The summed E-state index contributed by atoms with van der Waals surface area (Å²) in [5.74, 6) is 0.541. The number of benzene rings is 4. The molecule has 0 atom stereocenters. The summed E-state index contributed by atoms with van der Waals surface area (Å²) in [6, 6.07) is 41.8. The van der Waals surface area contributed by atoms with E-state index in [0.29, 0.717) is 5.92 Å². The molecule has 0 aliphatic carbocycles. The second kappa shape index (κ2) is 11.4. The largest absolute Gasteiger partial charge is 3.00 e. The van der Waals surface area contributed by atoms with E-state index < -0.39 is 0 Å².